The molecule has 26 heavy (non-hydrogen) atoms. The number of halogens is 2. The van der Waals surface area contributed by atoms with Crippen molar-refractivity contribution in [1.29, 1.82) is 0 Å². The van der Waals surface area contributed by atoms with Crippen LogP contribution in [0.2, 0.25) is 0 Å². The third kappa shape index (κ3) is 5.72. The van der Waals surface area contributed by atoms with E-state index in [4.69, 9.17) is 18.6 Å². The van der Waals surface area contributed by atoms with Crippen LogP contribution in [-0.4, -0.2) is 11.3 Å². The Kier molecular flexibility index (Phi) is 8.41. The van der Waals surface area contributed by atoms with Crippen molar-refractivity contribution in [2.24, 2.45) is 4.99 Å². The third-order valence-corrected chi connectivity index (χ3v) is 3.83. The number of nitrogens with zero attached hydrogens (tertiary/aromatic N) is 1. The maximum absolute atomic E-state index is 10.6. The number of hydrogen-bond acceptors (Lipinski definition) is 2. The zero-order valence-corrected chi connectivity index (χ0v) is 17.7. The molecule has 0 spiro atoms. The van der Waals surface area contributed by atoms with E-state index >= 15 is 0 Å². The van der Waals surface area contributed by atoms with Gasteiger partial charge in [0.15, 0.2) is 0 Å². The van der Waals surface area contributed by atoms with Crippen LogP contribution in [0.3, 0.4) is 0 Å². The van der Waals surface area contributed by atoms with E-state index in [1.807, 2.05) is 80.6 Å². The Balaban J connectivity index is 0.000000758. The summed E-state index contributed by atoms with van der Waals surface area (Å²) in [5.74, 6) is 0.263. The molecule has 0 aliphatic rings. The second-order valence-corrected chi connectivity index (χ2v) is 8.31. The Labute approximate surface area is 171 Å². The van der Waals surface area contributed by atoms with E-state index in [9.17, 15) is 5.11 Å². The van der Waals surface area contributed by atoms with Crippen molar-refractivity contribution in [2.45, 2.75) is 13.8 Å². The molecule has 0 unspecified atom stereocenters. The number of aliphatic imine (C=N–C) groups is 1. The van der Waals surface area contributed by atoms with Crippen LogP contribution in [0.15, 0.2) is 71.7 Å². The van der Waals surface area contributed by atoms with E-state index in [1.165, 1.54) is 0 Å². The fraction of sp³-hybridized carbons (Fsp3) is 0.0952. The number of aromatic hydroxyl groups is 1. The molecule has 5 heteroatoms. The van der Waals surface area contributed by atoms with Crippen LogP contribution < -0.4 is 0 Å². The molecular weight excluding hydrogens is 401 g/mol. The average molecular weight is 420 g/mol. The van der Waals surface area contributed by atoms with Crippen molar-refractivity contribution in [1.82, 2.24) is 0 Å². The summed E-state index contributed by atoms with van der Waals surface area (Å²) >= 11 is -0.556. The minimum atomic E-state index is -0.556. The summed E-state index contributed by atoms with van der Waals surface area (Å²) in [5, 5.41) is 10.6. The van der Waals surface area contributed by atoms with E-state index in [1.54, 1.807) is 6.21 Å². The molecule has 0 radical (unpaired) electrons. The number of aryl methyl sites for hydroxylation is 2. The summed E-state index contributed by atoms with van der Waals surface area (Å²) in [6, 6.07) is 21.8. The van der Waals surface area contributed by atoms with Crippen LogP contribution in [0, 0.1) is 13.8 Å². The van der Waals surface area contributed by atoms with E-state index in [-0.39, 0.29) is 5.75 Å². The van der Waals surface area contributed by atoms with Crippen LogP contribution in [-0.2, 0) is 17.0 Å². The van der Waals surface area contributed by atoms with Gasteiger partial charge in [0.25, 0.3) is 0 Å². The van der Waals surface area contributed by atoms with Gasteiger partial charge in [0.2, 0.25) is 0 Å². The molecule has 0 amide bonds. The van der Waals surface area contributed by atoms with E-state index < -0.39 is 17.0 Å². The Bertz CT molecular complexity index is 882. The first-order chi connectivity index (χ1) is 12.6. The van der Waals surface area contributed by atoms with Gasteiger partial charge in [-0.15, -0.1) is 0 Å². The van der Waals surface area contributed by atoms with E-state index in [0.29, 0.717) is 0 Å². The molecule has 2 nitrogen and oxygen atoms in total. The quantitative estimate of drug-likeness (QED) is 0.367. The van der Waals surface area contributed by atoms with Gasteiger partial charge in [-0.1, -0.05) is 48.5 Å². The van der Waals surface area contributed by atoms with Crippen LogP contribution in [0.1, 0.15) is 16.7 Å². The predicted octanol–water partition coefficient (Wildman–Crippen LogP) is 6.80. The number of para-hydroxylation sites is 1. The van der Waals surface area contributed by atoms with Crippen molar-refractivity contribution in [3.63, 3.8) is 0 Å². The standard InChI is InChI=1S/C21H19NO.2ClH.Ti/c1-15-12-18(14-22-20-11-7-6-8-16(20)2)21(23)19(13-15)17-9-4-3-5-10-17;;;/h3-14,23H,1-2H3;2*1H;/q;;;+2/p-2. The van der Waals surface area contributed by atoms with Gasteiger partial charge in [-0.25, -0.2) is 0 Å². The Hall–Kier alpha value is -1.58. The summed E-state index contributed by atoms with van der Waals surface area (Å²) in [7, 11) is 9.78. The Morgan fingerprint density at radius 1 is 0.923 bits per heavy atom. The number of phenolic OH excluding ortho intramolecular Hbond substituents is 1. The maximum atomic E-state index is 10.6. The molecule has 0 aliphatic carbocycles. The summed E-state index contributed by atoms with van der Waals surface area (Å²) in [6.07, 6.45) is 1.73. The van der Waals surface area contributed by atoms with Crippen LogP contribution in [0.4, 0.5) is 5.69 Å². The first-order valence-corrected chi connectivity index (χ1v) is 12.3. The number of hydrogen-bond donors (Lipinski definition) is 1. The molecule has 0 heterocycles. The minimum absolute atomic E-state index is 0.263. The second-order valence-electron chi connectivity index (χ2n) is 5.73. The van der Waals surface area contributed by atoms with Gasteiger partial charge in [-0.2, -0.15) is 0 Å². The van der Waals surface area contributed by atoms with Gasteiger partial charge >= 0.3 is 35.6 Å². The fourth-order valence-corrected chi connectivity index (χ4v) is 2.59. The van der Waals surface area contributed by atoms with Crippen LogP contribution in [0.5, 0.6) is 5.75 Å². The van der Waals surface area contributed by atoms with E-state index in [0.717, 1.165) is 33.5 Å². The average Bonchev–Trinajstić information content (AvgIpc) is 2.64. The second kappa shape index (κ2) is 10.5. The molecule has 3 aromatic rings. The zero-order chi connectivity index (χ0) is 18.9. The Morgan fingerprint density at radius 2 is 1.54 bits per heavy atom. The topological polar surface area (TPSA) is 32.6 Å². The summed E-state index contributed by atoms with van der Waals surface area (Å²) < 4.78 is 0. The predicted molar refractivity (Wildman–Crippen MR) is 108 cm³/mol. The molecule has 0 saturated heterocycles. The van der Waals surface area contributed by atoms with Crippen molar-refractivity contribution < 1.29 is 22.1 Å². The van der Waals surface area contributed by atoms with Gasteiger partial charge < -0.3 is 5.11 Å². The van der Waals surface area contributed by atoms with Crippen LogP contribution >= 0.6 is 18.6 Å². The molecule has 0 aromatic heterocycles. The molecule has 0 bridgehead atoms. The van der Waals surface area contributed by atoms with Crippen molar-refractivity contribution in [2.75, 3.05) is 0 Å². The number of rotatable bonds is 3. The first-order valence-electron chi connectivity index (χ1n) is 8.01. The van der Waals surface area contributed by atoms with Gasteiger partial charge in [-0.05, 0) is 48.7 Å². The molecule has 3 aromatic carbocycles. The van der Waals surface area contributed by atoms with Crippen LogP contribution in [0.25, 0.3) is 11.1 Å². The van der Waals surface area contributed by atoms with Gasteiger partial charge in [0.05, 0.1) is 5.69 Å². The summed E-state index contributed by atoms with van der Waals surface area (Å²) in [4.78, 5) is 4.53. The monoisotopic (exact) mass is 419 g/mol. The normalized spacial score (nSPS) is 10.3. The first kappa shape index (κ1) is 20.7. The molecular formula is C21H19Cl2NOTi. The third-order valence-electron chi connectivity index (χ3n) is 3.83. The zero-order valence-electron chi connectivity index (χ0n) is 14.6. The van der Waals surface area contributed by atoms with Crippen molar-refractivity contribution in [3.05, 3.63) is 83.4 Å². The summed E-state index contributed by atoms with van der Waals surface area (Å²) in [5.41, 5.74) is 5.67. The fourth-order valence-electron chi connectivity index (χ4n) is 2.59. The van der Waals surface area contributed by atoms with Gasteiger partial charge in [-0.3, -0.25) is 4.99 Å². The van der Waals surface area contributed by atoms with Gasteiger partial charge in [0, 0.05) is 17.3 Å². The molecule has 0 aliphatic heterocycles. The Morgan fingerprint density at radius 3 is 2.19 bits per heavy atom. The van der Waals surface area contributed by atoms with Gasteiger partial charge in [0.1, 0.15) is 5.75 Å². The summed E-state index contributed by atoms with van der Waals surface area (Å²) in [6.45, 7) is 4.05. The number of benzene rings is 3. The number of phenols is 1. The van der Waals surface area contributed by atoms with E-state index in [2.05, 4.69) is 4.99 Å². The molecule has 0 atom stereocenters. The SMILES string of the molecule is Cc1cc(C=Nc2ccccc2C)c(O)c(-c2ccccc2)c1.[Cl][Ti][Cl]. The van der Waals surface area contributed by atoms with Crippen molar-refractivity contribution in [3.8, 4) is 16.9 Å². The van der Waals surface area contributed by atoms with Crippen molar-refractivity contribution >= 4 is 30.5 Å². The molecule has 132 valence electrons. The molecule has 0 saturated carbocycles. The molecule has 1 N–H and O–H groups in total. The molecule has 0 fully saturated rings. The molecule has 3 rings (SSSR count).